The quantitative estimate of drug-likeness (QED) is 0.587. The van der Waals surface area contributed by atoms with Gasteiger partial charge in [-0.2, -0.15) is 0 Å². The summed E-state index contributed by atoms with van der Waals surface area (Å²) < 4.78 is 5.32. The van der Waals surface area contributed by atoms with E-state index in [0.29, 0.717) is 0 Å². The topological polar surface area (TPSA) is 25.0 Å². The minimum Gasteiger partial charge on any atom is -0.496 e. The first-order chi connectivity index (χ1) is 7.19. The summed E-state index contributed by atoms with van der Waals surface area (Å²) in [6, 6.07) is 3.97. The van der Waals surface area contributed by atoms with Crippen LogP contribution >= 0.6 is 0 Å². The number of ether oxygens (including phenoxy) is 1. The molecule has 2 nitrogen and oxygen atoms in total. The van der Waals surface area contributed by atoms with E-state index in [9.17, 15) is 0 Å². The average molecular weight is 203 g/mol. The molecule has 1 aromatic heterocycles. The standard InChI is InChI=1S/C13H17NO/c1-5-13(15-4)11(9-10(2)3)12-7-6-8-14-12/h5-9,14H,2H2,1,3-4H3/b11-9-,13-5+. The van der Waals surface area contributed by atoms with Crippen LogP contribution in [0.25, 0.3) is 5.57 Å². The maximum absolute atomic E-state index is 5.32. The molecular weight excluding hydrogens is 186 g/mol. The number of methoxy groups -OCH3 is 1. The summed E-state index contributed by atoms with van der Waals surface area (Å²) in [7, 11) is 1.67. The van der Waals surface area contributed by atoms with Crippen LogP contribution in [-0.4, -0.2) is 12.1 Å². The molecule has 0 aliphatic heterocycles. The van der Waals surface area contributed by atoms with Gasteiger partial charge in [0.05, 0.1) is 7.11 Å². The van der Waals surface area contributed by atoms with Gasteiger partial charge >= 0.3 is 0 Å². The third-order valence-electron chi connectivity index (χ3n) is 2.03. The first-order valence-corrected chi connectivity index (χ1v) is 4.90. The van der Waals surface area contributed by atoms with E-state index in [1.165, 1.54) is 0 Å². The van der Waals surface area contributed by atoms with Crippen LogP contribution in [0, 0.1) is 0 Å². The molecule has 15 heavy (non-hydrogen) atoms. The molecule has 1 N–H and O–H groups in total. The Morgan fingerprint density at radius 2 is 2.27 bits per heavy atom. The van der Waals surface area contributed by atoms with Gasteiger partial charge in [0.1, 0.15) is 5.76 Å². The van der Waals surface area contributed by atoms with Crippen LogP contribution in [0.5, 0.6) is 0 Å². The van der Waals surface area contributed by atoms with Crippen molar-refractivity contribution in [2.24, 2.45) is 0 Å². The van der Waals surface area contributed by atoms with E-state index in [1.54, 1.807) is 7.11 Å². The maximum Gasteiger partial charge on any atom is 0.123 e. The number of H-pyrrole nitrogens is 1. The van der Waals surface area contributed by atoms with Gasteiger partial charge in [0, 0.05) is 17.5 Å². The molecule has 0 saturated heterocycles. The third kappa shape index (κ3) is 2.88. The summed E-state index contributed by atoms with van der Waals surface area (Å²) in [5.74, 6) is 0.848. The minimum absolute atomic E-state index is 0.848. The van der Waals surface area contributed by atoms with E-state index < -0.39 is 0 Å². The third-order valence-corrected chi connectivity index (χ3v) is 2.03. The van der Waals surface area contributed by atoms with Gasteiger partial charge in [-0.25, -0.2) is 0 Å². The lowest BCUT2D eigenvalue weighted by atomic mass is 10.1. The van der Waals surface area contributed by atoms with Gasteiger partial charge in [0.15, 0.2) is 0 Å². The van der Waals surface area contributed by atoms with Gasteiger partial charge in [-0.3, -0.25) is 0 Å². The van der Waals surface area contributed by atoms with Crippen LogP contribution < -0.4 is 0 Å². The molecular formula is C13H17NO. The second-order valence-electron chi connectivity index (χ2n) is 3.35. The fraction of sp³-hybridized carbons (Fsp3) is 0.231. The second-order valence-corrected chi connectivity index (χ2v) is 3.35. The predicted molar refractivity (Wildman–Crippen MR) is 64.3 cm³/mol. The number of hydrogen-bond donors (Lipinski definition) is 1. The number of aromatic amines is 1. The summed E-state index contributed by atoms with van der Waals surface area (Å²) in [5.41, 5.74) is 3.06. The molecule has 0 fully saturated rings. The highest BCUT2D eigenvalue weighted by atomic mass is 16.5. The van der Waals surface area contributed by atoms with Gasteiger partial charge < -0.3 is 9.72 Å². The Morgan fingerprint density at radius 3 is 2.67 bits per heavy atom. The number of allylic oxidation sites excluding steroid dienone is 4. The van der Waals surface area contributed by atoms with Crippen LogP contribution in [0.2, 0.25) is 0 Å². The molecule has 0 aromatic carbocycles. The minimum atomic E-state index is 0.848. The summed E-state index contributed by atoms with van der Waals surface area (Å²) in [6.07, 6.45) is 5.84. The molecule has 1 rings (SSSR count). The normalized spacial score (nSPS) is 12.7. The molecule has 0 bridgehead atoms. The smallest absolute Gasteiger partial charge is 0.123 e. The summed E-state index contributed by atoms with van der Waals surface area (Å²) in [5, 5.41) is 0. The van der Waals surface area contributed by atoms with E-state index >= 15 is 0 Å². The Morgan fingerprint density at radius 1 is 1.53 bits per heavy atom. The van der Waals surface area contributed by atoms with Crippen LogP contribution in [0.1, 0.15) is 19.5 Å². The molecule has 0 atom stereocenters. The number of hydrogen-bond acceptors (Lipinski definition) is 1. The number of aromatic nitrogens is 1. The Balaban J connectivity index is 3.15. The maximum atomic E-state index is 5.32. The lowest BCUT2D eigenvalue weighted by molar-refractivity contribution is 0.310. The number of nitrogens with one attached hydrogen (secondary N) is 1. The Bertz CT molecular complexity index is 383. The highest BCUT2D eigenvalue weighted by Crippen LogP contribution is 2.23. The molecule has 0 amide bonds. The molecule has 2 heteroatoms. The van der Waals surface area contributed by atoms with E-state index in [-0.39, 0.29) is 0 Å². The van der Waals surface area contributed by atoms with Crippen LogP contribution in [0.15, 0.2) is 48.4 Å². The number of rotatable bonds is 4. The monoisotopic (exact) mass is 203 g/mol. The lowest BCUT2D eigenvalue weighted by Crippen LogP contribution is -1.93. The van der Waals surface area contributed by atoms with E-state index in [2.05, 4.69) is 11.6 Å². The second kappa shape index (κ2) is 5.25. The summed E-state index contributed by atoms with van der Waals surface area (Å²) in [4.78, 5) is 3.16. The van der Waals surface area contributed by atoms with Crippen LogP contribution in [-0.2, 0) is 4.74 Å². The van der Waals surface area contributed by atoms with E-state index in [4.69, 9.17) is 4.74 Å². The summed E-state index contributed by atoms with van der Waals surface area (Å²) >= 11 is 0. The molecule has 1 aromatic rings. The van der Waals surface area contributed by atoms with E-state index in [1.807, 2.05) is 44.3 Å². The lowest BCUT2D eigenvalue weighted by Gasteiger charge is -2.09. The molecule has 1 heterocycles. The van der Waals surface area contributed by atoms with Gasteiger partial charge in [-0.15, -0.1) is 0 Å². The molecule has 0 saturated carbocycles. The predicted octanol–water partition coefficient (Wildman–Crippen LogP) is 3.52. The van der Waals surface area contributed by atoms with Crippen molar-refractivity contribution < 1.29 is 4.74 Å². The highest BCUT2D eigenvalue weighted by Gasteiger charge is 2.07. The molecule has 0 aliphatic rings. The first kappa shape index (κ1) is 11.4. The SMILES string of the molecule is C=C(C)/C=C(\C(=C/C)OC)c1ccc[nH]1. The highest BCUT2D eigenvalue weighted by molar-refractivity contribution is 5.76. The molecule has 0 spiro atoms. The van der Waals surface area contributed by atoms with Crippen molar-refractivity contribution in [2.45, 2.75) is 13.8 Å². The fourth-order valence-corrected chi connectivity index (χ4v) is 1.41. The van der Waals surface area contributed by atoms with Gasteiger partial charge in [0.2, 0.25) is 0 Å². The Labute approximate surface area is 91.0 Å². The van der Waals surface area contributed by atoms with Crippen LogP contribution in [0.3, 0.4) is 0 Å². The Kier molecular flexibility index (Phi) is 3.98. The van der Waals surface area contributed by atoms with Crippen LogP contribution in [0.4, 0.5) is 0 Å². The average Bonchev–Trinajstić information content (AvgIpc) is 2.70. The zero-order valence-electron chi connectivity index (χ0n) is 9.50. The van der Waals surface area contributed by atoms with Crippen molar-refractivity contribution in [3.63, 3.8) is 0 Å². The first-order valence-electron chi connectivity index (χ1n) is 4.90. The van der Waals surface area contributed by atoms with Crippen molar-refractivity contribution in [1.29, 1.82) is 0 Å². The van der Waals surface area contributed by atoms with Crippen molar-refractivity contribution in [2.75, 3.05) is 7.11 Å². The molecule has 0 aliphatic carbocycles. The Hall–Kier alpha value is -1.70. The van der Waals surface area contributed by atoms with Crippen molar-refractivity contribution in [3.8, 4) is 0 Å². The van der Waals surface area contributed by atoms with Crippen molar-refractivity contribution in [1.82, 2.24) is 4.98 Å². The molecule has 0 unspecified atom stereocenters. The fourth-order valence-electron chi connectivity index (χ4n) is 1.41. The summed E-state index contributed by atoms with van der Waals surface area (Å²) in [6.45, 7) is 7.80. The van der Waals surface area contributed by atoms with Gasteiger partial charge in [0.25, 0.3) is 0 Å². The van der Waals surface area contributed by atoms with Gasteiger partial charge in [-0.1, -0.05) is 12.2 Å². The van der Waals surface area contributed by atoms with E-state index in [0.717, 1.165) is 22.6 Å². The largest absolute Gasteiger partial charge is 0.496 e. The molecule has 0 radical (unpaired) electrons. The zero-order valence-corrected chi connectivity index (χ0v) is 9.50. The van der Waals surface area contributed by atoms with Crippen molar-refractivity contribution in [3.05, 3.63) is 54.1 Å². The molecule has 80 valence electrons. The van der Waals surface area contributed by atoms with Gasteiger partial charge in [-0.05, 0) is 38.1 Å². The zero-order chi connectivity index (χ0) is 11.3. The van der Waals surface area contributed by atoms with Crippen molar-refractivity contribution >= 4 is 5.57 Å².